The molecule has 0 aliphatic carbocycles. The minimum absolute atomic E-state index is 0.285. The van der Waals surface area contributed by atoms with Crippen LogP contribution in [0, 0.1) is 6.92 Å². The van der Waals surface area contributed by atoms with Crippen LogP contribution in [0.5, 0.6) is 5.75 Å². The summed E-state index contributed by atoms with van der Waals surface area (Å²) >= 11 is 1.34. The van der Waals surface area contributed by atoms with Crippen molar-refractivity contribution >= 4 is 23.2 Å². The number of esters is 1. The van der Waals surface area contributed by atoms with Crippen LogP contribution in [0.15, 0.2) is 55.6 Å². The molecule has 2 rings (SSSR count). The highest BCUT2D eigenvalue weighted by atomic mass is 32.1. The van der Waals surface area contributed by atoms with E-state index in [0.717, 1.165) is 21.8 Å². The van der Waals surface area contributed by atoms with Crippen LogP contribution in [0.25, 0.3) is 11.1 Å². The molecule has 2 aromatic rings. The number of hydrogen-bond acceptors (Lipinski definition) is 5. The lowest BCUT2D eigenvalue weighted by molar-refractivity contribution is -0.133. The Balaban J connectivity index is 2.05. The van der Waals surface area contributed by atoms with E-state index in [1.54, 1.807) is 25.3 Å². The fourth-order valence-electron chi connectivity index (χ4n) is 2.52. The van der Waals surface area contributed by atoms with Crippen LogP contribution in [0.1, 0.15) is 14.5 Å². The van der Waals surface area contributed by atoms with Gasteiger partial charge in [0.05, 0.1) is 7.11 Å². The van der Waals surface area contributed by atoms with Gasteiger partial charge in [-0.3, -0.25) is 4.79 Å². The molecule has 0 aliphatic rings. The van der Waals surface area contributed by atoms with Crippen LogP contribution in [-0.2, 0) is 9.53 Å². The van der Waals surface area contributed by atoms with E-state index in [0.29, 0.717) is 18.0 Å². The second kappa shape index (κ2) is 9.73. The number of methoxy groups -OCH3 is 1. The first kappa shape index (κ1) is 20.5. The Morgan fingerprint density at radius 2 is 1.78 bits per heavy atom. The van der Waals surface area contributed by atoms with Crippen molar-refractivity contribution in [2.24, 2.45) is 0 Å². The first-order valence-electron chi connectivity index (χ1n) is 8.41. The van der Waals surface area contributed by atoms with E-state index < -0.39 is 5.97 Å². The van der Waals surface area contributed by atoms with Gasteiger partial charge in [0.2, 0.25) is 0 Å². The van der Waals surface area contributed by atoms with E-state index >= 15 is 0 Å². The van der Waals surface area contributed by atoms with E-state index in [9.17, 15) is 9.59 Å². The van der Waals surface area contributed by atoms with Gasteiger partial charge >= 0.3 is 5.97 Å². The van der Waals surface area contributed by atoms with E-state index in [4.69, 9.17) is 9.47 Å². The van der Waals surface area contributed by atoms with Gasteiger partial charge in [0, 0.05) is 18.0 Å². The average molecular weight is 385 g/mol. The van der Waals surface area contributed by atoms with Crippen molar-refractivity contribution in [2.75, 3.05) is 26.8 Å². The van der Waals surface area contributed by atoms with Crippen molar-refractivity contribution < 1.29 is 19.1 Å². The van der Waals surface area contributed by atoms with Gasteiger partial charge in [-0.2, -0.15) is 0 Å². The van der Waals surface area contributed by atoms with Crippen molar-refractivity contribution in [2.45, 2.75) is 6.92 Å². The molecule has 0 saturated carbocycles. The maximum absolute atomic E-state index is 12.3. The summed E-state index contributed by atoms with van der Waals surface area (Å²) in [7, 11) is 1.62. The van der Waals surface area contributed by atoms with Crippen molar-refractivity contribution in [3.63, 3.8) is 0 Å². The third kappa shape index (κ3) is 5.31. The van der Waals surface area contributed by atoms with Crippen molar-refractivity contribution in [1.29, 1.82) is 0 Å². The highest BCUT2D eigenvalue weighted by Crippen LogP contribution is 2.32. The molecule has 0 fully saturated rings. The molecule has 0 N–H and O–H groups in total. The SMILES string of the molecule is C=CCN(CC=C)C(=O)COC(=O)c1cc(-c2ccc(OC)cc2)c(C)s1. The fraction of sp³-hybridized carbons (Fsp3) is 0.238. The molecule has 1 aromatic heterocycles. The minimum Gasteiger partial charge on any atom is -0.497 e. The molecule has 0 spiro atoms. The molecule has 1 amide bonds. The van der Waals surface area contributed by atoms with Crippen LogP contribution in [0.3, 0.4) is 0 Å². The summed E-state index contributed by atoms with van der Waals surface area (Å²) in [6.07, 6.45) is 3.24. The summed E-state index contributed by atoms with van der Waals surface area (Å²) in [6.45, 7) is 9.63. The van der Waals surface area contributed by atoms with E-state index in [1.165, 1.54) is 16.2 Å². The van der Waals surface area contributed by atoms with E-state index in [2.05, 4.69) is 13.2 Å². The summed E-state index contributed by atoms with van der Waals surface area (Å²) in [4.78, 5) is 27.5. The molecule has 1 heterocycles. The summed E-state index contributed by atoms with van der Waals surface area (Å²) in [5, 5.41) is 0. The Morgan fingerprint density at radius 1 is 1.15 bits per heavy atom. The third-order valence-electron chi connectivity index (χ3n) is 3.90. The molecule has 0 atom stereocenters. The standard InChI is InChI=1S/C21H23NO4S/c1-5-11-22(12-6-2)20(23)14-26-21(24)19-13-18(15(3)27-19)16-7-9-17(25-4)10-8-16/h5-10,13H,1-2,11-12,14H2,3-4H3. The van der Waals surface area contributed by atoms with Gasteiger partial charge in [-0.15, -0.1) is 24.5 Å². The smallest absolute Gasteiger partial charge is 0.348 e. The van der Waals surface area contributed by atoms with Crippen LogP contribution >= 0.6 is 11.3 Å². The van der Waals surface area contributed by atoms with Crippen molar-refractivity contribution in [3.8, 4) is 16.9 Å². The summed E-state index contributed by atoms with van der Waals surface area (Å²) in [5.74, 6) is -0.0199. The Bertz CT molecular complexity index is 813. The Labute approximate surface area is 163 Å². The maximum atomic E-state index is 12.3. The molecule has 6 heteroatoms. The number of nitrogens with zero attached hydrogens (tertiary/aromatic N) is 1. The number of aryl methyl sites for hydroxylation is 1. The monoisotopic (exact) mass is 385 g/mol. The Kier molecular flexibility index (Phi) is 7.37. The first-order valence-corrected chi connectivity index (χ1v) is 9.23. The summed E-state index contributed by atoms with van der Waals surface area (Å²) in [5.41, 5.74) is 1.95. The molecular weight excluding hydrogens is 362 g/mol. The topological polar surface area (TPSA) is 55.8 Å². The predicted octanol–water partition coefficient (Wildman–Crippen LogP) is 4.09. The number of carbonyl (C=O) groups is 2. The van der Waals surface area contributed by atoms with Crippen LogP contribution in [0.4, 0.5) is 0 Å². The van der Waals surface area contributed by atoms with Crippen LogP contribution in [-0.4, -0.2) is 43.6 Å². The van der Waals surface area contributed by atoms with Gasteiger partial charge in [0.1, 0.15) is 10.6 Å². The van der Waals surface area contributed by atoms with Crippen molar-refractivity contribution in [1.82, 2.24) is 4.90 Å². The van der Waals surface area contributed by atoms with Gasteiger partial charge in [-0.05, 0) is 36.2 Å². The number of rotatable bonds is 9. The number of amides is 1. The normalized spacial score (nSPS) is 10.1. The lowest BCUT2D eigenvalue weighted by atomic mass is 10.1. The lowest BCUT2D eigenvalue weighted by Crippen LogP contribution is -2.34. The largest absolute Gasteiger partial charge is 0.497 e. The van der Waals surface area contributed by atoms with Gasteiger partial charge in [0.25, 0.3) is 5.91 Å². The zero-order chi connectivity index (χ0) is 19.8. The van der Waals surface area contributed by atoms with Gasteiger partial charge in [-0.1, -0.05) is 24.3 Å². The maximum Gasteiger partial charge on any atom is 0.348 e. The Morgan fingerprint density at radius 3 is 2.33 bits per heavy atom. The number of carbonyl (C=O) groups excluding carboxylic acids is 2. The Hall–Kier alpha value is -2.86. The molecular formula is C21H23NO4S. The average Bonchev–Trinajstić information content (AvgIpc) is 3.07. The fourth-order valence-corrected chi connectivity index (χ4v) is 3.46. The number of benzene rings is 1. The lowest BCUT2D eigenvalue weighted by Gasteiger charge is -2.18. The molecule has 5 nitrogen and oxygen atoms in total. The first-order chi connectivity index (χ1) is 13.0. The second-order valence-electron chi connectivity index (χ2n) is 5.76. The van der Waals surface area contributed by atoms with E-state index in [-0.39, 0.29) is 12.5 Å². The van der Waals surface area contributed by atoms with Gasteiger partial charge in [-0.25, -0.2) is 4.79 Å². The highest BCUT2D eigenvalue weighted by Gasteiger charge is 2.18. The number of ether oxygens (including phenoxy) is 2. The van der Waals surface area contributed by atoms with Crippen LogP contribution < -0.4 is 4.74 Å². The van der Waals surface area contributed by atoms with Crippen molar-refractivity contribution in [3.05, 3.63) is 65.4 Å². The zero-order valence-electron chi connectivity index (χ0n) is 15.6. The molecule has 0 unspecified atom stereocenters. The number of hydrogen-bond donors (Lipinski definition) is 0. The molecule has 1 aromatic carbocycles. The second-order valence-corrected chi connectivity index (χ2v) is 7.02. The molecule has 0 saturated heterocycles. The highest BCUT2D eigenvalue weighted by molar-refractivity contribution is 7.14. The zero-order valence-corrected chi connectivity index (χ0v) is 16.4. The molecule has 0 radical (unpaired) electrons. The molecule has 142 valence electrons. The van der Waals surface area contributed by atoms with Gasteiger partial charge < -0.3 is 14.4 Å². The third-order valence-corrected chi connectivity index (χ3v) is 4.93. The summed E-state index contributed by atoms with van der Waals surface area (Å²) < 4.78 is 10.4. The quantitative estimate of drug-likeness (QED) is 0.482. The molecule has 0 aliphatic heterocycles. The number of thiophene rings is 1. The summed E-state index contributed by atoms with van der Waals surface area (Å²) in [6, 6.07) is 9.41. The van der Waals surface area contributed by atoms with E-state index in [1.807, 2.05) is 31.2 Å². The predicted molar refractivity (Wildman–Crippen MR) is 108 cm³/mol. The molecule has 0 bridgehead atoms. The minimum atomic E-state index is -0.506. The van der Waals surface area contributed by atoms with Gasteiger partial charge in [0.15, 0.2) is 6.61 Å². The van der Waals surface area contributed by atoms with Crippen LogP contribution in [0.2, 0.25) is 0 Å². The molecule has 27 heavy (non-hydrogen) atoms.